The molecular weight excluding hydrogens is 373 g/mol. The highest BCUT2D eigenvalue weighted by Crippen LogP contribution is 2.28. The number of rotatable bonds is 8. The number of halogens is 1. The summed E-state index contributed by atoms with van der Waals surface area (Å²) in [6.45, 7) is 0.698. The summed E-state index contributed by atoms with van der Waals surface area (Å²) in [5.41, 5.74) is 0.849. The van der Waals surface area contributed by atoms with E-state index in [-0.39, 0.29) is 34.5 Å². The molecule has 7 nitrogen and oxygen atoms in total. The van der Waals surface area contributed by atoms with Crippen molar-refractivity contribution in [3.8, 4) is 22.8 Å². The summed E-state index contributed by atoms with van der Waals surface area (Å²) in [5.74, 6) is -0.0732. The van der Waals surface area contributed by atoms with Crippen LogP contribution in [-0.2, 0) is 14.8 Å². The van der Waals surface area contributed by atoms with Crippen LogP contribution >= 0.6 is 0 Å². The first kappa shape index (κ1) is 19.2. The monoisotopic (exact) mass is 391 g/mol. The maximum atomic E-state index is 13.1. The van der Waals surface area contributed by atoms with Crippen LogP contribution in [0.25, 0.3) is 22.8 Å². The number of benzene rings is 2. The Labute approximate surface area is 156 Å². The van der Waals surface area contributed by atoms with Crippen molar-refractivity contribution in [3.05, 3.63) is 54.3 Å². The molecule has 2 aromatic carbocycles. The lowest BCUT2D eigenvalue weighted by Crippen LogP contribution is -2.26. The van der Waals surface area contributed by atoms with E-state index in [0.29, 0.717) is 18.6 Å². The molecule has 3 rings (SSSR count). The van der Waals surface area contributed by atoms with Crippen molar-refractivity contribution in [3.63, 3.8) is 0 Å². The Kier molecular flexibility index (Phi) is 5.94. The molecule has 0 bridgehead atoms. The second kappa shape index (κ2) is 8.38. The van der Waals surface area contributed by atoms with E-state index in [1.807, 2.05) is 0 Å². The Morgan fingerprint density at radius 1 is 1.15 bits per heavy atom. The van der Waals surface area contributed by atoms with Crippen LogP contribution in [0.5, 0.6) is 0 Å². The molecule has 0 radical (unpaired) electrons. The highest BCUT2D eigenvalue weighted by molar-refractivity contribution is 7.89. The summed E-state index contributed by atoms with van der Waals surface area (Å²) in [7, 11) is -2.21. The Bertz CT molecular complexity index is 1000. The van der Waals surface area contributed by atoms with E-state index in [1.165, 1.54) is 30.3 Å². The molecule has 27 heavy (non-hydrogen) atoms. The molecule has 1 aromatic heterocycles. The summed E-state index contributed by atoms with van der Waals surface area (Å²) in [4.78, 5) is 4.29. The second-order valence-corrected chi connectivity index (χ2v) is 7.41. The SMILES string of the molecule is COCCCNS(=O)(=O)c1ccccc1-c1nc(-c2ccc(F)cc2)no1. The van der Waals surface area contributed by atoms with Crippen LogP contribution in [0, 0.1) is 5.82 Å². The lowest BCUT2D eigenvalue weighted by molar-refractivity contribution is 0.196. The van der Waals surface area contributed by atoms with E-state index in [0.717, 1.165) is 0 Å². The molecular formula is C18H18FN3O4S. The van der Waals surface area contributed by atoms with Gasteiger partial charge in [0.05, 0.1) is 10.5 Å². The Morgan fingerprint density at radius 3 is 2.63 bits per heavy atom. The van der Waals surface area contributed by atoms with Crippen molar-refractivity contribution < 1.29 is 22.1 Å². The highest BCUT2D eigenvalue weighted by atomic mass is 32.2. The number of aromatic nitrogens is 2. The van der Waals surface area contributed by atoms with Crippen molar-refractivity contribution in [1.82, 2.24) is 14.9 Å². The third-order valence-corrected chi connectivity index (χ3v) is 5.27. The van der Waals surface area contributed by atoms with Crippen LogP contribution in [-0.4, -0.2) is 38.8 Å². The Hall–Kier alpha value is -2.62. The highest BCUT2D eigenvalue weighted by Gasteiger charge is 2.22. The van der Waals surface area contributed by atoms with E-state index < -0.39 is 10.0 Å². The molecule has 0 fully saturated rings. The van der Waals surface area contributed by atoms with Gasteiger partial charge < -0.3 is 9.26 Å². The molecule has 9 heteroatoms. The fourth-order valence-electron chi connectivity index (χ4n) is 2.43. The molecule has 0 saturated carbocycles. The number of nitrogens with zero attached hydrogens (tertiary/aromatic N) is 2. The number of ether oxygens (including phenoxy) is 1. The van der Waals surface area contributed by atoms with E-state index >= 15 is 0 Å². The van der Waals surface area contributed by atoms with Crippen molar-refractivity contribution in [2.24, 2.45) is 0 Å². The van der Waals surface area contributed by atoms with Gasteiger partial charge in [-0.2, -0.15) is 4.98 Å². The first-order chi connectivity index (χ1) is 13.0. The number of nitrogens with one attached hydrogen (secondary N) is 1. The minimum Gasteiger partial charge on any atom is -0.385 e. The van der Waals surface area contributed by atoms with Crippen molar-refractivity contribution in [1.29, 1.82) is 0 Å². The number of methoxy groups -OCH3 is 1. The molecule has 0 aliphatic rings. The normalized spacial score (nSPS) is 11.6. The smallest absolute Gasteiger partial charge is 0.259 e. The minimum atomic E-state index is -3.76. The zero-order chi connectivity index (χ0) is 19.3. The summed E-state index contributed by atoms with van der Waals surface area (Å²) in [6.07, 6.45) is 0.549. The third-order valence-electron chi connectivity index (χ3n) is 3.75. The summed E-state index contributed by atoms with van der Waals surface area (Å²) >= 11 is 0. The minimum absolute atomic E-state index is 0.0386. The van der Waals surface area contributed by atoms with Gasteiger partial charge in [-0.15, -0.1) is 0 Å². The predicted molar refractivity (Wildman–Crippen MR) is 96.8 cm³/mol. The standard InChI is InChI=1S/C18H18FN3O4S/c1-25-12-4-11-20-27(23,24)16-6-3-2-5-15(16)18-21-17(22-26-18)13-7-9-14(19)10-8-13/h2-3,5-10,20H,4,11-12H2,1H3. The zero-order valence-corrected chi connectivity index (χ0v) is 15.4. The summed E-state index contributed by atoms with van der Waals surface area (Å²) in [6, 6.07) is 12.0. The van der Waals surface area contributed by atoms with E-state index in [1.54, 1.807) is 25.3 Å². The van der Waals surface area contributed by atoms with Gasteiger partial charge in [0.25, 0.3) is 5.89 Å². The molecule has 1 N–H and O–H groups in total. The predicted octanol–water partition coefficient (Wildman–Crippen LogP) is 2.86. The van der Waals surface area contributed by atoms with Crippen LogP contribution in [0.2, 0.25) is 0 Å². The summed E-state index contributed by atoms with van der Waals surface area (Å²) in [5, 5.41) is 3.86. The van der Waals surface area contributed by atoms with Gasteiger partial charge in [-0.05, 0) is 42.8 Å². The molecule has 0 spiro atoms. The van der Waals surface area contributed by atoms with Gasteiger partial charge in [-0.3, -0.25) is 0 Å². The van der Waals surface area contributed by atoms with Gasteiger partial charge in [-0.1, -0.05) is 17.3 Å². The van der Waals surface area contributed by atoms with Crippen molar-refractivity contribution >= 4 is 10.0 Å². The molecule has 1 heterocycles. The molecule has 0 unspecified atom stereocenters. The quantitative estimate of drug-likeness (QED) is 0.594. The molecule has 3 aromatic rings. The van der Waals surface area contributed by atoms with Crippen LogP contribution in [0.15, 0.2) is 57.9 Å². The molecule has 0 saturated heterocycles. The molecule has 0 amide bonds. The summed E-state index contributed by atoms with van der Waals surface area (Å²) < 4.78 is 51.0. The van der Waals surface area contributed by atoms with Crippen LogP contribution in [0.1, 0.15) is 6.42 Å². The van der Waals surface area contributed by atoms with E-state index in [9.17, 15) is 12.8 Å². The topological polar surface area (TPSA) is 94.3 Å². The van der Waals surface area contributed by atoms with Gasteiger partial charge >= 0.3 is 0 Å². The molecule has 0 aliphatic heterocycles. The number of hydrogen-bond acceptors (Lipinski definition) is 6. The van der Waals surface area contributed by atoms with Gasteiger partial charge in [-0.25, -0.2) is 17.5 Å². The van der Waals surface area contributed by atoms with Crippen molar-refractivity contribution in [2.75, 3.05) is 20.3 Å². The largest absolute Gasteiger partial charge is 0.385 e. The molecule has 0 aliphatic carbocycles. The van der Waals surface area contributed by atoms with Gasteiger partial charge in [0.2, 0.25) is 15.8 Å². The maximum Gasteiger partial charge on any atom is 0.259 e. The van der Waals surface area contributed by atoms with Crippen LogP contribution < -0.4 is 4.72 Å². The maximum absolute atomic E-state index is 13.1. The van der Waals surface area contributed by atoms with Crippen LogP contribution in [0.3, 0.4) is 0 Å². The first-order valence-electron chi connectivity index (χ1n) is 8.19. The first-order valence-corrected chi connectivity index (χ1v) is 9.67. The van der Waals surface area contributed by atoms with Gasteiger partial charge in [0.15, 0.2) is 0 Å². The molecule has 142 valence electrons. The number of sulfonamides is 1. The van der Waals surface area contributed by atoms with Crippen LogP contribution in [0.4, 0.5) is 4.39 Å². The fraction of sp³-hybridized carbons (Fsp3) is 0.222. The lowest BCUT2D eigenvalue weighted by Gasteiger charge is -2.09. The van der Waals surface area contributed by atoms with E-state index in [4.69, 9.17) is 9.26 Å². The zero-order valence-electron chi connectivity index (χ0n) is 14.6. The number of hydrogen-bond donors (Lipinski definition) is 1. The lowest BCUT2D eigenvalue weighted by atomic mass is 10.2. The Morgan fingerprint density at radius 2 is 1.89 bits per heavy atom. The average molecular weight is 391 g/mol. The Balaban J connectivity index is 1.89. The average Bonchev–Trinajstić information content (AvgIpc) is 3.16. The van der Waals surface area contributed by atoms with Gasteiger partial charge in [0.1, 0.15) is 5.82 Å². The molecule has 0 atom stereocenters. The fourth-order valence-corrected chi connectivity index (χ4v) is 3.70. The van der Waals surface area contributed by atoms with Gasteiger partial charge in [0, 0.05) is 25.8 Å². The van der Waals surface area contributed by atoms with Crippen molar-refractivity contribution in [2.45, 2.75) is 11.3 Å². The second-order valence-electron chi connectivity index (χ2n) is 5.67. The third kappa shape index (κ3) is 4.57. The van der Waals surface area contributed by atoms with E-state index in [2.05, 4.69) is 14.9 Å².